The molecular weight excluding hydrogens is 308 g/mol. The molecular formula is C17H14N4O3. The van der Waals surface area contributed by atoms with E-state index < -0.39 is 0 Å². The Bertz CT molecular complexity index is 940. The van der Waals surface area contributed by atoms with E-state index in [1.807, 2.05) is 29.0 Å². The van der Waals surface area contributed by atoms with Gasteiger partial charge in [-0.1, -0.05) is 5.16 Å². The fourth-order valence-corrected chi connectivity index (χ4v) is 2.45. The van der Waals surface area contributed by atoms with Crippen molar-refractivity contribution in [2.45, 2.75) is 13.2 Å². The highest BCUT2D eigenvalue weighted by molar-refractivity contribution is 5.57. The summed E-state index contributed by atoms with van der Waals surface area (Å²) in [6, 6.07) is 9.17. The summed E-state index contributed by atoms with van der Waals surface area (Å²) in [5.41, 5.74) is 1.64. The van der Waals surface area contributed by atoms with Crippen LogP contribution in [-0.2, 0) is 13.2 Å². The number of pyridine rings is 1. The van der Waals surface area contributed by atoms with Gasteiger partial charge in [0.15, 0.2) is 17.3 Å². The molecule has 0 aliphatic heterocycles. The van der Waals surface area contributed by atoms with Crippen molar-refractivity contribution >= 4 is 0 Å². The highest BCUT2D eigenvalue weighted by Gasteiger charge is 2.13. The summed E-state index contributed by atoms with van der Waals surface area (Å²) in [4.78, 5) is 8.39. The third-order valence-electron chi connectivity index (χ3n) is 3.60. The molecule has 7 heteroatoms. The van der Waals surface area contributed by atoms with E-state index in [1.165, 1.54) is 0 Å². The lowest BCUT2D eigenvalue weighted by Gasteiger charge is -2.02. The summed E-state index contributed by atoms with van der Waals surface area (Å²) in [5.74, 6) is 2.45. The van der Waals surface area contributed by atoms with Crippen molar-refractivity contribution in [1.82, 2.24) is 19.7 Å². The summed E-state index contributed by atoms with van der Waals surface area (Å²) in [6.07, 6.45) is 6.98. The number of aliphatic hydroxyl groups is 1. The van der Waals surface area contributed by atoms with Crippen LogP contribution in [0.4, 0.5) is 0 Å². The van der Waals surface area contributed by atoms with Crippen molar-refractivity contribution in [3.8, 4) is 22.8 Å². The highest BCUT2D eigenvalue weighted by atomic mass is 16.5. The van der Waals surface area contributed by atoms with Crippen LogP contribution in [0.5, 0.6) is 0 Å². The topological polar surface area (TPSA) is 90.1 Å². The standard InChI is InChI=1S/C17H14N4O3/c22-11-13-3-4-16(23-13)17-19-6-7-21(17)10-14-8-15(20-24-14)12-2-1-5-18-9-12/h1-9,22H,10-11H2. The smallest absolute Gasteiger partial charge is 0.176 e. The lowest BCUT2D eigenvalue weighted by molar-refractivity contribution is 0.248. The number of hydrogen-bond donors (Lipinski definition) is 1. The lowest BCUT2D eigenvalue weighted by Crippen LogP contribution is -1.99. The summed E-state index contributed by atoms with van der Waals surface area (Å²) in [6.45, 7) is 0.328. The van der Waals surface area contributed by atoms with Crippen molar-refractivity contribution in [2.75, 3.05) is 0 Å². The Balaban J connectivity index is 1.59. The first-order valence-corrected chi connectivity index (χ1v) is 7.40. The molecule has 0 bridgehead atoms. The van der Waals surface area contributed by atoms with Gasteiger partial charge in [0.25, 0.3) is 0 Å². The minimum atomic E-state index is -0.142. The molecule has 1 N–H and O–H groups in total. The van der Waals surface area contributed by atoms with Crippen molar-refractivity contribution in [2.24, 2.45) is 0 Å². The third-order valence-corrected chi connectivity index (χ3v) is 3.60. The van der Waals surface area contributed by atoms with Crippen LogP contribution in [-0.4, -0.2) is 24.8 Å². The van der Waals surface area contributed by atoms with E-state index in [0.29, 0.717) is 29.6 Å². The predicted octanol–water partition coefficient (Wildman–Crippen LogP) is 2.73. The number of imidazole rings is 1. The molecule has 4 aromatic rings. The minimum Gasteiger partial charge on any atom is -0.455 e. The monoisotopic (exact) mass is 322 g/mol. The van der Waals surface area contributed by atoms with Gasteiger partial charge in [-0.2, -0.15) is 0 Å². The molecule has 4 rings (SSSR count). The second-order valence-corrected chi connectivity index (χ2v) is 5.22. The first-order valence-electron chi connectivity index (χ1n) is 7.40. The van der Waals surface area contributed by atoms with Gasteiger partial charge < -0.3 is 18.6 Å². The molecule has 24 heavy (non-hydrogen) atoms. The molecule has 0 unspecified atom stereocenters. The molecule has 0 spiro atoms. The molecule has 0 saturated carbocycles. The summed E-state index contributed by atoms with van der Waals surface area (Å²) in [7, 11) is 0. The van der Waals surface area contributed by atoms with Crippen LogP contribution >= 0.6 is 0 Å². The Labute approximate surface area is 137 Å². The van der Waals surface area contributed by atoms with Gasteiger partial charge in [-0.05, 0) is 24.3 Å². The fourth-order valence-electron chi connectivity index (χ4n) is 2.45. The normalized spacial score (nSPS) is 11.0. The van der Waals surface area contributed by atoms with Crippen molar-refractivity contribution in [3.05, 3.63) is 66.6 Å². The zero-order valence-electron chi connectivity index (χ0n) is 12.7. The Morgan fingerprint density at radius 3 is 2.88 bits per heavy atom. The molecule has 0 saturated heterocycles. The molecule has 0 aliphatic carbocycles. The number of aromatic nitrogens is 4. The maximum atomic E-state index is 9.11. The largest absolute Gasteiger partial charge is 0.455 e. The van der Waals surface area contributed by atoms with Crippen LogP contribution < -0.4 is 0 Å². The van der Waals surface area contributed by atoms with Gasteiger partial charge in [-0.25, -0.2) is 4.98 Å². The van der Waals surface area contributed by atoms with Gasteiger partial charge in [-0.15, -0.1) is 0 Å². The zero-order chi connectivity index (χ0) is 16.4. The summed E-state index contributed by atoms with van der Waals surface area (Å²) < 4.78 is 12.9. The molecule has 0 amide bonds. The maximum Gasteiger partial charge on any atom is 0.176 e. The minimum absolute atomic E-state index is 0.142. The molecule has 4 heterocycles. The Morgan fingerprint density at radius 2 is 2.08 bits per heavy atom. The molecule has 0 fully saturated rings. The first-order chi connectivity index (χ1) is 11.8. The Kier molecular flexibility index (Phi) is 3.68. The predicted molar refractivity (Wildman–Crippen MR) is 84.7 cm³/mol. The van der Waals surface area contributed by atoms with Crippen molar-refractivity contribution in [3.63, 3.8) is 0 Å². The molecule has 120 valence electrons. The average molecular weight is 322 g/mol. The first kappa shape index (κ1) is 14.4. The fraction of sp³-hybridized carbons (Fsp3) is 0.118. The number of aliphatic hydroxyl groups excluding tert-OH is 1. The quantitative estimate of drug-likeness (QED) is 0.607. The maximum absolute atomic E-state index is 9.11. The van der Waals surface area contributed by atoms with E-state index in [4.69, 9.17) is 14.0 Å². The van der Waals surface area contributed by atoms with Gasteiger partial charge in [0.05, 0.1) is 6.54 Å². The highest BCUT2D eigenvalue weighted by Crippen LogP contribution is 2.23. The lowest BCUT2D eigenvalue weighted by atomic mass is 10.2. The number of nitrogens with zero attached hydrogens (tertiary/aromatic N) is 4. The van der Waals surface area contributed by atoms with Crippen molar-refractivity contribution in [1.29, 1.82) is 0 Å². The molecule has 0 radical (unpaired) electrons. The average Bonchev–Trinajstić information content (AvgIpc) is 3.36. The van der Waals surface area contributed by atoms with E-state index in [-0.39, 0.29) is 6.61 Å². The Hall–Kier alpha value is -3.19. The van der Waals surface area contributed by atoms with Crippen LogP contribution in [0.2, 0.25) is 0 Å². The van der Waals surface area contributed by atoms with Crippen LogP contribution in [0.3, 0.4) is 0 Å². The number of furan rings is 1. The SMILES string of the molecule is OCc1ccc(-c2nccn2Cc2cc(-c3cccnc3)no2)o1. The van der Waals surface area contributed by atoms with Gasteiger partial charge in [-0.3, -0.25) is 4.98 Å². The van der Waals surface area contributed by atoms with E-state index in [2.05, 4.69) is 15.1 Å². The van der Waals surface area contributed by atoms with Gasteiger partial charge in [0, 0.05) is 36.4 Å². The van der Waals surface area contributed by atoms with Crippen LogP contribution in [0.1, 0.15) is 11.5 Å². The number of hydrogen-bond acceptors (Lipinski definition) is 6. The van der Waals surface area contributed by atoms with Crippen LogP contribution in [0.15, 0.2) is 64.1 Å². The van der Waals surface area contributed by atoms with Crippen LogP contribution in [0, 0.1) is 0 Å². The van der Waals surface area contributed by atoms with E-state index in [0.717, 1.165) is 11.3 Å². The molecule has 0 atom stereocenters. The molecule has 0 aromatic carbocycles. The van der Waals surface area contributed by atoms with E-state index in [9.17, 15) is 0 Å². The summed E-state index contributed by atoms with van der Waals surface area (Å²) >= 11 is 0. The van der Waals surface area contributed by atoms with E-state index in [1.54, 1.807) is 30.7 Å². The second-order valence-electron chi connectivity index (χ2n) is 5.22. The molecule has 7 nitrogen and oxygen atoms in total. The third kappa shape index (κ3) is 2.72. The van der Waals surface area contributed by atoms with Gasteiger partial charge >= 0.3 is 0 Å². The number of rotatable bonds is 5. The summed E-state index contributed by atoms with van der Waals surface area (Å²) in [5, 5.41) is 13.2. The van der Waals surface area contributed by atoms with E-state index >= 15 is 0 Å². The van der Waals surface area contributed by atoms with Crippen molar-refractivity contribution < 1.29 is 14.0 Å². The zero-order valence-corrected chi connectivity index (χ0v) is 12.7. The van der Waals surface area contributed by atoms with Crippen LogP contribution in [0.25, 0.3) is 22.8 Å². The molecule has 4 aromatic heterocycles. The van der Waals surface area contributed by atoms with Gasteiger partial charge in [0.1, 0.15) is 18.1 Å². The van der Waals surface area contributed by atoms with Gasteiger partial charge in [0.2, 0.25) is 0 Å². The Morgan fingerprint density at radius 1 is 1.12 bits per heavy atom. The molecule has 0 aliphatic rings. The second kappa shape index (κ2) is 6.13.